The zero-order chi connectivity index (χ0) is 15.6. The van der Waals surface area contributed by atoms with E-state index in [4.69, 9.17) is 0 Å². The van der Waals surface area contributed by atoms with E-state index in [1.807, 2.05) is 18.5 Å². The van der Waals surface area contributed by atoms with Crippen LogP contribution in [0.2, 0.25) is 0 Å². The molecular formula is C20H15N3. The van der Waals surface area contributed by atoms with Gasteiger partial charge in [-0.05, 0) is 24.6 Å². The third-order valence-electron chi connectivity index (χ3n) is 3.95. The molecule has 0 amide bonds. The number of fused-ring (bicyclic) bond motifs is 1. The molecule has 0 aliphatic rings. The van der Waals surface area contributed by atoms with E-state index < -0.39 is 0 Å². The maximum atomic E-state index is 4.60. The van der Waals surface area contributed by atoms with E-state index in [1.165, 1.54) is 5.56 Å². The summed E-state index contributed by atoms with van der Waals surface area (Å²) in [6, 6.07) is 18.8. The lowest BCUT2D eigenvalue weighted by Crippen LogP contribution is -1.90. The summed E-state index contributed by atoms with van der Waals surface area (Å²) in [5, 5.41) is 1.04. The Bertz CT molecular complexity index is 975. The number of aromatic nitrogens is 3. The van der Waals surface area contributed by atoms with Crippen LogP contribution in [-0.2, 0) is 0 Å². The Morgan fingerprint density at radius 3 is 2.52 bits per heavy atom. The van der Waals surface area contributed by atoms with Crippen molar-refractivity contribution in [3.05, 3.63) is 78.9 Å². The van der Waals surface area contributed by atoms with Gasteiger partial charge in [0.05, 0.1) is 11.2 Å². The van der Waals surface area contributed by atoms with Crippen molar-refractivity contribution in [1.29, 1.82) is 0 Å². The molecule has 2 aromatic carbocycles. The van der Waals surface area contributed by atoms with Gasteiger partial charge in [-0.15, -0.1) is 0 Å². The van der Waals surface area contributed by atoms with Gasteiger partial charge in [0.1, 0.15) is 6.33 Å². The minimum Gasteiger partial charge on any atom is -0.256 e. The average Bonchev–Trinajstić information content (AvgIpc) is 2.62. The normalized spacial score (nSPS) is 10.8. The first-order valence-corrected chi connectivity index (χ1v) is 7.53. The van der Waals surface area contributed by atoms with Crippen LogP contribution < -0.4 is 0 Å². The first-order chi connectivity index (χ1) is 11.3. The van der Waals surface area contributed by atoms with Gasteiger partial charge in [-0.3, -0.25) is 4.98 Å². The number of hydrogen-bond donors (Lipinski definition) is 0. The molecule has 0 spiro atoms. The highest BCUT2D eigenvalue weighted by Crippen LogP contribution is 2.31. The molecule has 2 aromatic heterocycles. The van der Waals surface area contributed by atoms with Gasteiger partial charge in [0.25, 0.3) is 0 Å². The zero-order valence-corrected chi connectivity index (χ0v) is 12.8. The van der Waals surface area contributed by atoms with Crippen molar-refractivity contribution >= 4 is 10.9 Å². The number of pyridine rings is 1. The fraction of sp³-hybridized carbons (Fsp3) is 0.0500. The third-order valence-corrected chi connectivity index (χ3v) is 3.95. The second kappa shape index (κ2) is 5.61. The summed E-state index contributed by atoms with van der Waals surface area (Å²) in [6.07, 6.45) is 5.24. The van der Waals surface area contributed by atoms with Crippen molar-refractivity contribution < 1.29 is 0 Å². The maximum Gasteiger partial charge on any atom is 0.116 e. The Hall–Kier alpha value is -3.07. The van der Waals surface area contributed by atoms with Crippen LogP contribution in [0.4, 0.5) is 0 Å². The molecule has 0 aliphatic carbocycles. The van der Waals surface area contributed by atoms with Crippen LogP contribution >= 0.6 is 0 Å². The maximum absolute atomic E-state index is 4.60. The summed E-state index contributed by atoms with van der Waals surface area (Å²) >= 11 is 0. The van der Waals surface area contributed by atoms with Gasteiger partial charge in [0, 0.05) is 28.9 Å². The molecular weight excluding hydrogens is 282 g/mol. The fourth-order valence-corrected chi connectivity index (χ4v) is 2.72. The summed E-state index contributed by atoms with van der Waals surface area (Å²) in [7, 11) is 0. The van der Waals surface area contributed by atoms with Crippen LogP contribution in [0.5, 0.6) is 0 Å². The van der Waals surface area contributed by atoms with Gasteiger partial charge in [-0.2, -0.15) is 0 Å². The highest BCUT2D eigenvalue weighted by atomic mass is 14.8. The highest BCUT2D eigenvalue weighted by Gasteiger charge is 2.09. The van der Waals surface area contributed by atoms with E-state index in [9.17, 15) is 0 Å². The summed E-state index contributed by atoms with van der Waals surface area (Å²) < 4.78 is 0. The number of aryl methyl sites for hydroxylation is 1. The molecule has 0 aliphatic heterocycles. The minimum absolute atomic E-state index is 0.941. The van der Waals surface area contributed by atoms with Crippen molar-refractivity contribution in [3.8, 4) is 22.4 Å². The standard InChI is InChI=1S/C20H15N3/c1-14-4-6-15(7-5-14)20-18(3-2-10-22-20)16-8-9-17-12-21-13-23-19(17)11-16/h2-13H,1H3. The highest BCUT2D eigenvalue weighted by molar-refractivity contribution is 5.87. The first kappa shape index (κ1) is 13.6. The molecule has 4 rings (SSSR count). The number of rotatable bonds is 2. The predicted molar refractivity (Wildman–Crippen MR) is 92.9 cm³/mol. The Kier molecular flexibility index (Phi) is 3.31. The van der Waals surface area contributed by atoms with Gasteiger partial charge in [0.2, 0.25) is 0 Å². The molecule has 4 aromatic rings. The van der Waals surface area contributed by atoms with E-state index in [1.54, 1.807) is 6.33 Å². The van der Waals surface area contributed by atoms with E-state index in [2.05, 4.69) is 70.4 Å². The monoisotopic (exact) mass is 297 g/mol. The molecule has 0 radical (unpaired) electrons. The quantitative estimate of drug-likeness (QED) is 0.540. The molecule has 0 fully saturated rings. The van der Waals surface area contributed by atoms with Crippen molar-refractivity contribution in [1.82, 2.24) is 15.0 Å². The van der Waals surface area contributed by atoms with E-state index in [0.717, 1.165) is 33.3 Å². The summed E-state index contributed by atoms with van der Waals surface area (Å²) in [5.41, 5.74) is 6.51. The van der Waals surface area contributed by atoms with Gasteiger partial charge in [-0.1, -0.05) is 48.0 Å². The summed E-state index contributed by atoms with van der Waals surface area (Å²) in [4.78, 5) is 13.0. The second-order valence-electron chi connectivity index (χ2n) is 5.56. The Morgan fingerprint density at radius 1 is 0.826 bits per heavy atom. The van der Waals surface area contributed by atoms with E-state index >= 15 is 0 Å². The third kappa shape index (κ3) is 2.57. The van der Waals surface area contributed by atoms with E-state index in [-0.39, 0.29) is 0 Å². The number of nitrogens with zero attached hydrogens (tertiary/aromatic N) is 3. The second-order valence-corrected chi connectivity index (χ2v) is 5.56. The lowest BCUT2D eigenvalue weighted by molar-refractivity contribution is 1.22. The van der Waals surface area contributed by atoms with Crippen LogP contribution in [0.3, 0.4) is 0 Å². The largest absolute Gasteiger partial charge is 0.256 e. The van der Waals surface area contributed by atoms with Crippen molar-refractivity contribution in [2.75, 3.05) is 0 Å². The zero-order valence-electron chi connectivity index (χ0n) is 12.8. The Balaban J connectivity index is 1.89. The molecule has 0 saturated heterocycles. The molecule has 0 atom stereocenters. The lowest BCUT2D eigenvalue weighted by atomic mass is 9.98. The van der Waals surface area contributed by atoms with Crippen LogP contribution in [0.1, 0.15) is 5.56 Å². The molecule has 0 saturated carbocycles. The summed E-state index contributed by atoms with van der Waals surface area (Å²) in [5.74, 6) is 0. The first-order valence-electron chi connectivity index (χ1n) is 7.53. The van der Waals surface area contributed by atoms with Gasteiger partial charge < -0.3 is 0 Å². The number of hydrogen-bond acceptors (Lipinski definition) is 3. The van der Waals surface area contributed by atoms with Gasteiger partial charge in [-0.25, -0.2) is 9.97 Å². The summed E-state index contributed by atoms with van der Waals surface area (Å²) in [6.45, 7) is 2.09. The lowest BCUT2D eigenvalue weighted by Gasteiger charge is -2.10. The van der Waals surface area contributed by atoms with Gasteiger partial charge in [0.15, 0.2) is 0 Å². The molecule has 3 nitrogen and oxygen atoms in total. The average molecular weight is 297 g/mol. The van der Waals surface area contributed by atoms with Crippen molar-refractivity contribution in [3.63, 3.8) is 0 Å². The molecule has 0 unspecified atom stereocenters. The predicted octanol–water partition coefficient (Wildman–Crippen LogP) is 4.67. The van der Waals surface area contributed by atoms with E-state index in [0.29, 0.717) is 0 Å². The Morgan fingerprint density at radius 2 is 1.65 bits per heavy atom. The fourth-order valence-electron chi connectivity index (χ4n) is 2.72. The molecule has 23 heavy (non-hydrogen) atoms. The molecule has 3 heteroatoms. The Labute approximate surface area is 134 Å². The van der Waals surface area contributed by atoms with Crippen LogP contribution in [0.25, 0.3) is 33.3 Å². The SMILES string of the molecule is Cc1ccc(-c2ncccc2-c2ccc3cncnc3c2)cc1. The van der Waals surface area contributed by atoms with Crippen molar-refractivity contribution in [2.24, 2.45) is 0 Å². The smallest absolute Gasteiger partial charge is 0.116 e. The molecule has 2 heterocycles. The number of benzene rings is 2. The van der Waals surface area contributed by atoms with Crippen molar-refractivity contribution in [2.45, 2.75) is 6.92 Å². The van der Waals surface area contributed by atoms with Gasteiger partial charge >= 0.3 is 0 Å². The topological polar surface area (TPSA) is 38.7 Å². The minimum atomic E-state index is 0.941. The van der Waals surface area contributed by atoms with Crippen LogP contribution in [0.15, 0.2) is 73.3 Å². The van der Waals surface area contributed by atoms with Crippen LogP contribution in [-0.4, -0.2) is 15.0 Å². The molecule has 0 N–H and O–H groups in total. The van der Waals surface area contributed by atoms with Crippen LogP contribution in [0, 0.1) is 6.92 Å². The molecule has 110 valence electrons. The molecule has 0 bridgehead atoms.